The molecule has 3 aromatic rings. The minimum Gasteiger partial charge on any atom is -0.338 e. The van der Waals surface area contributed by atoms with Crippen molar-refractivity contribution in [3.05, 3.63) is 42.5 Å². The lowest BCUT2D eigenvalue weighted by Gasteiger charge is -1.97. The van der Waals surface area contributed by atoms with Crippen molar-refractivity contribution in [1.29, 1.82) is 0 Å². The Labute approximate surface area is 114 Å². The summed E-state index contributed by atoms with van der Waals surface area (Å²) in [6.45, 7) is 0. The third-order valence-corrected chi connectivity index (χ3v) is 3.98. The smallest absolute Gasteiger partial charge is 0.177 e. The van der Waals surface area contributed by atoms with Gasteiger partial charge in [0.2, 0.25) is 0 Å². The first-order valence-corrected chi connectivity index (χ1v) is 7.64. The molecular formula is C13H10FN3O2S. The number of fused-ring (bicyclic) bond motifs is 1. The molecule has 0 saturated heterocycles. The predicted octanol–water partition coefficient (Wildman–Crippen LogP) is 2.17. The molecule has 0 atom stereocenters. The molecule has 0 aliphatic carbocycles. The van der Waals surface area contributed by atoms with E-state index in [1.54, 1.807) is 12.1 Å². The number of pyridine rings is 1. The number of benzene rings is 1. The van der Waals surface area contributed by atoms with Gasteiger partial charge in [-0.2, -0.15) is 0 Å². The lowest BCUT2D eigenvalue weighted by atomic mass is 10.3. The quantitative estimate of drug-likeness (QED) is 0.785. The monoisotopic (exact) mass is 291 g/mol. The molecular weight excluding hydrogens is 281 g/mol. The molecule has 20 heavy (non-hydrogen) atoms. The van der Waals surface area contributed by atoms with Crippen LogP contribution in [-0.4, -0.2) is 29.6 Å². The second kappa shape index (κ2) is 4.38. The summed E-state index contributed by atoms with van der Waals surface area (Å²) in [6.07, 6.45) is 3.68. The summed E-state index contributed by atoms with van der Waals surface area (Å²) >= 11 is 0. The molecule has 0 bridgehead atoms. The molecule has 3 rings (SSSR count). The largest absolute Gasteiger partial charge is 0.338 e. The Morgan fingerprint density at radius 2 is 2.05 bits per heavy atom. The van der Waals surface area contributed by atoms with Gasteiger partial charge in [0, 0.05) is 18.0 Å². The highest BCUT2D eigenvalue weighted by atomic mass is 32.2. The molecule has 0 unspecified atom stereocenters. The standard InChI is InChI=1S/C13H10FN3O2S/c1-20(18,19)11-4-2-3-10-12(11)17-13(16-10)8-5-9(14)7-15-6-8/h2-7H,1H3,(H,16,17). The lowest BCUT2D eigenvalue weighted by molar-refractivity contribution is 0.602. The first-order chi connectivity index (χ1) is 9.45. The minimum absolute atomic E-state index is 0.141. The zero-order chi connectivity index (χ0) is 14.3. The highest BCUT2D eigenvalue weighted by Gasteiger charge is 2.15. The molecule has 1 aromatic carbocycles. The number of para-hydroxylation sites is 1. The van der Waals surface area contributed by atoms with E-state index in [0.29, 0.717) is 22.4 Å². The summed E-state index contributed by atoms with van der Waals surface area (Å²) in [7, 11) is -3.38. The Hall–Kier alpha value is -2.28. The molecule has 0 radical (unpaired) electrons. The van der Waals surface area contributed by atoms with Crippen molar-refractivity contribution in [1.82, 2.24) is 15.0 Å². The number of sulfone groups is 1. The number of aromatic nitrogens is 3. The third kappa shape index (κ3) is 2.16. The highest BCUT2D eigenvalue weighted by molar-refractivity contribution is 7.91. The van der Waals surface area contributed by atoms with Gasteiger partial charge in [-0.15, -0.1) is 0 Å². The van der Waals surface area contributed by atoms with Crippen LogP contribution in [-0.2, 0) is 9.84 Å². The number of hydrogen-bond donors (Lipinski definition) is 1. The minimum atomic E-state index is -3.38. The van der Waals surface area contributed by atoms with Crippen LogP contribution in [0, 0.1) is 5.82 Å². The Morgan fingerprint density at radius 1 is 1.25 bits per heavy atom. The molecule has 0 aliphatic heterocycles. The number of H-pyrrole nitrogens is 1. The van der Waals surface area contributed by atoms with E-state index in [1.807, 2.05) is 0 Å². The molecule has 1 N–H and O–H groups in total. The van der Waals surface area contributed by atoms with Crippen molar-refractivity contribution in [3.8, 4) is 11.4 Å². The number of hydrogen-bond acceptors (Lipinski definition) is 4. The van der Waals surface area contributed by atoms with E-state index in [0.717, 1.165) is 12.5 Å². The molecule has 0 spiro atoms. The van der Waals surface area contributed by atoms with Crippen molar-refractivity contribution in [2.24, 2.45) is 0 Å². The maximum Gasteiger partial charge on any atom is 0.177 e. The maximum absolute atomic E-state index is 13.2. The van der Waals surface area contributed by atoms with Crippen LogP contribution >= 0.6 is 0 Å². The van der Waals surface area contributed by atoms with E-state index in [2.05, 4.69) is 15.0 Å². The zero-order valence-electron chi connectivity index (χ0n) is 10.5. The van der Waals surface area contributed by atoms with Gasteiger partial charge in [0.25, 0.3) is 0 Å². The van der Waals surface area contributed by atoms with Crippen LogP contribution in [0.15, 0.2) is 41.6 Å². The first-order valence-electron chi connectivity index (χ1n) is 5.75. The van der Waals surface area contributed by atoms with Gasteiger partial charge in [0.1, 0.15) is 17.2 Å². The van der Waals surface area contributed by atoms with Crippen LogP contribution in [0.5, 0.6) is 0 Å². The average molecular weight is 291 g/mol. The summed E-state index contributed by atoms with van der Waals surface area (Å²) in [5.74, 6) is -0.102. The third-order valence-electron chi connectivity index (χ3n) is 2.85. The van der Waals surface area contributed by atoms with E-state index in [1.165, 1.54) is 18.3 Å². The molecule has 2 aromatic heterocycles. The van der Waals surface area contributed by atoms with Gasteiger partial charge >= 0.3 is 0 Å². The summed E-state index contributed by atoms with van der Waals surface area (Å²) in [5.41, 5.74) is 1.38. The van der Waals surface area contributed by atoms with Crippen molar-refractivity contribution in [2.75, 3.05) is 6.26 Å². The van der Waals surface area contributed by atoms with Gasteiger partial charge < -0.3 is 4.98 Å². The fourth-order valence-corrected chi connectivity index (χ4v) is 2.82. The number of imidazole rings is 1. The van der Waals surface area contributed by atoms with Crippen LogP contribution in [0.25, 0.3) is 22.4 Å². The molecule has 0 saturated carbocycles. The SMILES string of the molecule is CS(=O)(=O)c1cccc2[nH]c(-c3cncc(F)c3)nc12. The first kappa shape index (κ1) is 12.7. The van der Waals surface area contributed by atoms with Gasteiger partial charge in [-0.25, -0.2) is 17.8 Å². The van der Waals surface area contributed by atoms with Gasteiger partial charge in [-0.3, -0.25) is 4.98 Å². The zero-order valence-corrected chi connectivity index (χ0v) is 11.3. The molecule has 0 fully saturated rings. The molecule has 5 nitrogen and oxygen atoms in total. The van der Waals surface area contributed by atoms with E-state index in [9.17, 15) is 12.8 Å². The van der Waals surface area contributed by atoms with E-state index >= 15 is 0 Å². The summed E-state index contributed by atoms with van der Waals surface area (Å²) in [4.78, 5) is 11.1. The van der Waals surface area contributed by atoms with E-state index in [-0.39, 0.29) is 4.90 Å². The Kier molecular flexibility index (Phi) is 2.79. The average Bonchev–Trinajstić information content (AvgIpc) is 2.81. The number of aromatic amines is 1. The van der Waals surface area contributed by atoms with Crippen molar-refractivity contribution >= 4 is 20.9 Å². The van der Waals surface area contributed by atoms with Gasteiger partial charge in [0.05, 0.1) is 16.6 Å². The normalized spacial score (nSPS) is 11.9. The van der Waals surface area contributed by atoms with Crippen LogP contribution in [0.2, 0.25) is 0 Å². The molecule has 7 heteroatoms. The predicted molar refractivity (Wildman–Crippen MR) is 72.4 cm³/mol. The Morgan fingerprint density at radius 3 is 2.75 bits per heavy atom. The van der Waals surface area contributed by atoms with Crippen molar-refractivity contribution < 1.29 is 12.8 Å². The summed E-state index contributed by atoms with van der Waals surface area (Å²) in [5, 5.41) is 0. The van der Waals surface area contributed by atoms with E-state index < -0.39 is 15.7 Å². The fraction of sp³-hybridized carbons (Fsp3) is 0.0769. The van der Waals surface area contributed by atoms with Crippen LogP contribution in [0.4, 0.5) is 4.39 Å². The molecule has 0 aliphatic rings. The summed E-state index contributed by atoms with van der Waals surface area (Å²) < 4.78 is 36.6. The van der Waals surface area contributed by atoms with Crippen molar-refractivity contribution in [2.45, 2.75) is 4.90 Å². The maximum atomic E-state index is 13.2. The fourth-order valence-electron chi connectivity index (χ4n) is 1.98. The van der Waals surface area contributed by atoms with Crippen LogP contribution in [0.3, 0.4) is 0 Å². The second-order valence-electron chi connectivity index (χ2n) is 4.40. The summed E-state index contributed by atoms with van der Waals surface area (Å²) in [6, 6.07) is 6.12. The molecule has 0 amide bonds. The number of nitrogens with one attached hydrogen (secondary N) is 1. The molecule has 2 heterocycles. The van der Waals surface area contributed by atoms with E-state index in [4.69, 9.17) is 0 Å². The number of rotatable bonds is 2. The lowest BCUT2D eigenvalue weighted by Crippen LogP contribution is -1.97. The van der Waals surface area contributed by atoms with Crippen LogP contribution < -0.4 is 0 Å². The van der Waals surface area contributed by atoms with Gasteiger partial charge in [-0.1, -0.05) is 6.07 Å². The second-order valence-corrected chi connectivity index (χ2v) is 6.39. The van der Waals surface area contributed by atoms with Gasteiger partial charge in [-0.05, 0) is 18.2 Å². The Balaban J connectivity index is 2.26. The van der Waals surface area contributed by atoms with Crippen molar-refractivity contribution in [3.63, 3.8) is 0 Å². The van der Waals surface area contributed by atoms with Crippen LogP contribution in [0.1, 0.15) is 0 Å². The van der Waals surface area contributed by atoms with Gasteiger partial charge in [0.15, 0.2) is 9.84 Å². The number of halogens is 1. The topological polar surface area (TPSA) is 75.7 Å². The molecule has 102 valence electrons. The number of nitrogens with zero attached hydrogens (tertiary/aromatic N) is 2. The Bertz CT molecular complexity index is 903. The highest BCUT2D eigenvalue weighted by Crippen LogP contribution is 2.25.